The van der Waals surface area contributed by atoms with E-state index in [0.29, 0.717) is 13.2 Å². The van der Waals surface area contributed by atoms with Crippen molar-refractivity contribution >= 4 is 22.8 Å². The monoisotopic (exact) mass is 377 g/mol. The smallest absolute Gasteiger partial charge is 0.335 e. The summed E-state index contributed by atoms with van der Waals surface area (Å²) in [6.07, 6.45) is 2.22. The van der Waals surface area contributed by atoms with Gasteiger partial charge in [0.2, 0.25) is 8.32 Å². The Kier molecular flexibility index (Phi) is 11.3. The molecule has 0 rings (SSSR count). The molecular formula is C17H39NO4Si2. The van der Waals surface area contributed by atoms with E-state index < -0.39 is 16.9 Å². The normalized spacial score (nSPS) is 16.0. The van der Waals surface area contributed by atoms with Crippen LogP contribution >= 0.6 is 0 Å². The van der Waals surface area contributed by atoms with Crippen LogP contribution in [0.15, 0.2) is 0 Å². The summed E-state index contributed by atoms with van der Waals surface area (Å²) in [5, 5.41) is 0. The van der Waals surface area contributed by atoms with Crippen molar-refractivity contribution in [3.63, 3.8) is 0 Å². The molecular weight excluding hydrogens is 338 g/mol. The first kappa shape index (κ1) is 23.8. The number of likely N-dealkylation sites (N-methyl/N-ethyl adjacent to an activating group) is 1. The number of nitrogens with zero attached hydrogens (tertiary/aromatic N) is 1. The van der Waals surface area contributed by atoms with Gasteiger partial charge in [0, 0.05) is 12.7 Å². The average molecular weight is 378 g/mol. The van der Waals surface area contributed by atoms with Crippen LogP contribution in [0.1, 0.15) is 40.5 Å². The molecule has 0 amide bonds. The molecule has 0 radical (unpaired) electrons. The summed E-state index contributed by atoms with van der Waals surface area (Å²) in [7, 11) is -3.93. The second-order valence-electron chi connectivity index (χ2n) is 7.46. The van der Waals surface area contributed by atoms with Gasteiger partial charge in [-0.2, -0.15) is 0 Å². The molecule has 2 unspecified atom stereocenters. The Morgan fingerprint density at radius 2 is 1.75 bits per heavy atom. The van der Waals surface area contributed by atoms with Crippen molar-refractivity contribution in [1.29, 1.82) is 0 Å². The third-order valence-corrected chi connectivity index (χ3v) is 7.70. The molecule has 0 saturated heterocycles. The minimum absolute atomic E-state index is 0.100. The minimum Gasteiger partial charge on any atom is -0.519 e. The molecule has 0 heterocycles. The third-order valence-electron chi connectivity index (χ3n) is 3.80. The molecule has 0 aromatic rings. The van der Waals surface area contributed by atoms with Gasteiger partial charge in [0.1, 0.15) is 0 Å². The quantitative estimate of drug-likeness (QED) is 0.454. The second kappa shape index (κ2) is 11.4. The largest absolute Gasteiger partial charge is 0.519 e. The van der Waals surface area contributed by atoms with Crippen molar-refractivity contribution in [3.05, 3.63) is 0 Å². The molecule has 7 heteroatoms. The Morgan fingerprint density at radius 1 is 1.12 bits per heavy atom. The first-order chi connectivity index (χ1) is 11.0. The molecule has 24 heavy (non-hydrogen) atoms. The molecule has 0 N–H and O–H groups in total. The van der Waals surface area contributed by atoms with Gasteiger partial charge in [-0.3, -0.25) is 9.69 Å². The van der Waals surface area contributed by atoms with Gasteiger partial charge in [-0.05, 0) is 72.0 Å². The molecule has 0 spiro atoms. The Bertz CT molecular complexity index is 363. The van der Waals surface area contributed by atoms with E-state index in [0.717, 1.165) is 32.0 Å². The van der Waals surface area contributed by atoms with Crippen molar-refractivity contribution in [3.8, 4) is 0 Å². The number of carbonyl (C=O) groups is 1. The van der Waals surface area contributed by atoms with E-state index in [-0.39, 0.29) is 12.1 Å². The van der Waals surface area contributed by atoms with E-state index in [9.17, 15) is 4.79 Å². The molecule has 0 aliphatic carbocycles. The molecule has 0 aliphatic heterocycles. The van der Waals surface area contributed by atoms with Gasteiger partial charge in [-0.15, -0.1) is 0 Å². The highest BCUT2D eigenvalue weighted by Gasteiger charge is 2.32. The van der Waals surface area contributed by atoms with Crippen molar-refractivity contribution in [2.45, 2.75) is 78.9 Å². The predicted molar refractivity (Wildman–Crippen MR) is 105 cm³/mol. The summed E-state index contributed by atoms with van der Waals surface area (Å²) < 4.78 is 17.7. The van der Waals surface area contributed by atoms with Crippen molar-refractivity contribution in [2.24, 2.45) is 0 Å². The molecule has 0 aromatic carbocycles. The lowest BCUT2D eigenvalue weighted by Gasteiger charge is -2.30. The van der Waals surface area contributed by atoms with Crippen LogP contribution in [0.2, 0.25) is 32.2 Å². The zero-order valence-corrected chi connectivity index (χ0v) is 19.1. The van der Waals surface area contributed by atoms with E-state index >= 15 is 0 Å². The van der Waals surface area contributed by atoms with Gasteiger partial charge in [-0.1, -0.05) is 13.8 Å². The number of rotatable bonds is 13. The van der Waals surface area contributed by atoms with E-state index in [4.69, 9.17) is 13.3 Å². The summed E-state index contributed by atoms with van der Waals surface area (Å²) in [6.45, 7) is 19.4. The van der Waals surface area contributed by atoms with Gasteiger partial charge in [0.05, 0.1) is 6.54 Å². The van der Waals surface area contributed by atoms with E-state index in [1.165, 1.54) is 0 Å². The van der Waals surface area contributed by atoms with E-state index in [2.05, 4.69) is 32.2 Å². The number of carbonyl (C=O) groups excluding carboxylic acids is 1. The van der Waals surface area contributed by atoms with Crippen LogP contribution in [0.4, 0.5) is 0 Å². The summed E-state index contributed by atoms with van der Waals surface area (Å²) in [5.74, 6) is -0.100. The minimum atomic E-state index is -2.13. The second-order valence-corrected chi connectivity index (χ2v) is 15.2. The van der Waals surface area contributed by atoms with Gasteiger partial charge >= 0.3 is 14.5 Å². The Labute approximate surface area is 151 Å². The van der Waals surface area contributed by atoms with Gasteiger partial charge in [0.25, 0.3) is 0 Å². The van der Waals surface area contributed by atoms with Gasteiger partial charge < -0.3 is 13.3 Å². The molecule has 2 atom stereocenters. The summed E-state index contributed by atoms with van der Waals surface area (Å²) in [4.78, 5) is 14.2. The third kappa shape index (κ3) is 11.4. The topological polar surface area (TPSA) is 48.0 Å². The molecule has 0 fully saturated rings. The Morgan fingerprint density at radius 3 is 2.21 bits per heavy atom. The lowest BCUT2D eigenvalue weighted by molar-refractivity contribution is -0.136. The van der Waals surface area contributed by atoms with Crippen molar-refractivity contribution in [2.75, 3.05) is 26.2 Å². The van der Waals surface area contributed by atoms with Crippen LogP contribution in [0.5, 0.6) is 0 Å². The fourth-order valence-corrected chi connectivity index (χ4v) is 6.02. The SMILES string of the molecule is CCO[Si](C)(CCCN(CC)CC(=O)O[Si](C)(C)C)OC(C)CC. The van der Waals surface area contributed by atoms with E-state index in [1.54, 1.807) is 0 Å². The highest BCUT2D eigenvalue weighted by atomic mass is 28.4. The lowest BCUT2D eigenvalue weighted by atomic mass is 10.3. The van der Waals surface area contributed by atoms with Crippen LogP contribution in [0.25, 0.3) is 0 Å². The molecule has 0 aliphatic rings. The van der Waals surface area contributed by atoms with Crippen molar-refractivity contribution in [1.82, 2.24) is 4.90 Å². The number of hydrogen-bond acceptors (Lipinski definition) is 5. The fraction of sp³-hybridized carbons (Fsp3) is 0.941. The Hall–Kier alpha value is -0.216. The van der Waals surface area contributed by atoms with Crippen LogP contribution in [-0.2, 0) is 18.1 Å². The van der Waals surface area contributed by atoms with Crippen LogP contribution in [-0.4, -0.2) is 60.1 Å². The number of hydrogen-bond donors (Lipinski definition) is 0. The van der Waals surface area contributed by atoms with Crippen LogP contribution < -0.4 is 0 Å². The summed E-state index contributed by atoms with van der Waals surface area (Å²) >= 11 is 0. The van der Waals surface area contributed by atoms with Gasteiger partial charge in [0.15, 0.2) is 0 Å². The maximum absolute atomic E-state index is 12.0. The van der Waals surface area contributed by atoms with Crippen molar-refractivity contribution < 1.29 is 18.1 Å². The van der Waals surface area contributed by atoms with E-state index in [1.807, 2.05) is 26.6 Å². The predicted octanol–water partition coefficient (Wildman–Crippen LogP) is 4.00. The maximum Gasteiger partial charge on any atom is 0.335 e. The highest BCUT2D eigenvalue weighted by molar-refractivity contribution is 6.71. The first-order valence-corrected chi connectivity index (χ1v) is 15.2. The maximum atomic E-state index is 12.0. The standard InChI is InChI=1S/C17H39NO4Si2/c1-9-16(4)21-24(8,20-11-3)14-12-13-18(10-2)15-17(19)22-23(5,6)7/h16H,9-15H2,1-8H3. The van der Waals surface area contributed by atoms with Crippen LogP contribution in [0.3, 0.4) is 0 Å². The zero-order valence-electron chi connectivity index (χ0n) is 17.1. The first-order valence-electron chi connectivity index (χ1n) is 9.31. The Balaban J connectivity index is 4.42. The summed E-state index contributed by atoms with van der Waals surface area (Å²) in [5.41, 5.74) is 0. The molecule has 144 valence electrons. The summed E-state index contributed by atoms with van der Waals surface area (Å²) in [6, 6.07) is 0.949. The molecule has 0 saturated carbocycles. The average Bonchev–Trinajstić information content (AvgIpc) is 2.44. The zero-order chi connectivity index (χ0) is 18.8. The molecule has 5 nitrogen and oxygen atoms in total. The fourth-order valence-electron chi connectivity index (χ4n) is 2.51. The van der Waals surface area contributed by atoms with Crippen LogP contribution in [0, 0.1) is 0 Å². The highest BCUT2D eigenvalue weighted by Crippen LogP contribution is 2.19. The molecule has 0 bridgehead atoms. The molecule has 0 aromatic heterocycles. The van der Waals surface area contributed by atoms with Gasteiger partial charge in [-0.25, -0.2) is 0 Å². The lowest BCUT2D eigenvalue weighted by Crippen LogP contribution is -2.42.